The van der Waals surface area contributed by atoms with Gasteiger partial charge in [0.25, 0.3) is 6.08 Å². The molecule has 0 atom stereocenters. The Morgan fingerprint density at radius 2 is 2.12 bits per heavy atom. The van der Waals surface area contributed by atoms with Crippen LogP contribution >= 0.6 is 0 Å². The fraction of sp³-hybridized carbons (Fsp3) is 0.500. The summed E-state index contributed by atoms with van der Waals surface area (Å²) in [5.41, 5.74) is 0. The molecule has 2 heteroatoms. The van der Waals surface area contributed by atoms with Crippen molar-refractivity contribution in [1.82, 2.24) is 0 Å². The second kappa shape index (κ2) is 4.75. The van der Waals surface area contributed by atoms with E-state index in [0.29, 0.717) is 6.42 Å². The van der Waals surface area contributed by atoms with Gasteiger partial charge in [-0.15, -0.1) is 0 Å². The number of hydrogen-bond acceptors (Lipinski definition) is 0. The van der Waals surface area contributed by atoms with Crippen LogP contribution in [0.25, 0.3) is 0 Å². The van der Waals surface area contributed by atoms with Crippen LogP contribution in [0.5, 0.6) is 0 Å². The first-order chi connectivity index (χ1) is 3.77. The van der Waals surface area contributed by atoms with Gasteiger partial charge < -0.3 is 0 Å². The van der Waals surface area contributed by atoms with Gasteiger partial charge in [0.1, 0.15) is 0 Å². The van der Waals surface area contributed by atoms with Crippen molar-refractivity contribution < 1.29 is 8.78 Å². The number of halogens is 2. The maximum Gasteiger partial charge on any atom is 0.266 e. The van der Waals surface area contributed by atoms with Crippen molar-refractivity contribution >= 4 is 0 Å². The summed E-state index contributed by atoms with van der Waals surface area (Å²) in [4.78, 5) is 0. The van der Waals surface area contributed by atoms with Crippen LogP contribution in [0, 0.1) is 6.92 Å². The van der Waals surface area contributed by atoms with Crippen LogP contribution in [-0.4, -0.2) is 0 Å². The van der Waals surface area contributed by atoms with Crippen LogP contribution in [0.3, 0.4) is 0 Å². The highest BCUT2D eigenvalue weighted by Crippen LogP contribution is 2.02. The Bertz CT molecular complexity index is 72.6. The van der Waals surface area contributed by atoms with Gasteiger partial charge in [-0.3, -0.25) is 0 Å². The maximum atomic E-state index is 11.2. The first kappa shape index (κ1) is 7.60. The van der Waals surface area contributed by atoms with Gasteiger partial charge >= 0.3 is 0 Å². The molecule has 0 fully saturated rings. The highest BCUT2D eigenvalue weighted by molar-refractivity contribution is 4.79. The number of unbranched alkanes of at least 4 members (excludes halogenated alkanes) is 2. The summed E-state index contributed by atoms with van der Waals surface area (Å²) in [7, 11) is 0. The molecular formula is C6H9F2. The summed E-state index contributed by atoms with van der Waals surface area (Å²) >= 11 is 0. The van der Waals surface area contributed by atoms with Gasteiger partial charge in [0.05, 0.1) is 0 Å². The molecule has 0 saturated heterocycles. The Hall–Kier alpha value is -0.400. The van der Waals surface area contributed by atoms with Crippen molar-refractivity contribution in [3.8, 4) is 0 Å². The second-order valence-electron chi connectivity index (χ2n) is 1.49. The summed E-state index contributed by atoms with van der Waals surface area (Å²) in [5, 5.41) is 0. The van der Waals surface area contributed by atoms with Gasteiger partial charge in [-0.2, -0.15) is 8.78 Å². The van der Waals surface area contributed by atoms with Crippen molar-refractivity contribution in [1.29, 1.82) is 0 Å². The number of allylic oxidation sites excluding steroid dienone is 1. The van der Waals surface area contributed by atoms with Crippen LogP contribution in [0.1, 0.15) is 19.3 Å². The second-order valence-corrected chi connectivity index (χ2v) is 1.49. The van der Waals surface area contributed by atoms with Crippen molar-refractivity contribution in [2.45, 2.75) is 19.3 Å². The van der Waals surface area contributed by atoms with Crippen molar-refractivity contribution in [3.05, 3.63) is 19.1 Å². The molecule has 0 aliphatic carbocycles. The predicted octanol–water partition coefficient (Wildman–Crippen LogP) is 2.77. The minimum Gasteiger partial charge on any atom is -0.174 e. The average Bonchev–Trinajstić information content (AvgIpc) is 1.66. The minimum absolute atomic E-state index is 0.450. The van der Waals surface area contributed by atoms with Gasteiger partial charge in [-0.1, -0.05) is 13.3 Å². The Morgan fingerprint density at radius 1 is 1.50 bits per heavy atom. The molecule has 1 radical (unpaired) electrons. The third-order valence-electron chi connectivity index (χ3n) is 0.753. The van der Waals surface area contributed by atoms with E-state index in [2.05, 4.69) is 6.92 Å². The summed E-state index contributed by atoms with van der Waals surface area (Å²) < 4.78 is 22.4. The largest absolute Gasteiger partial charge is 0.266 e. The number of hydrogen-bond donors (Lipinski definition) is 0. The smallest absolute Gasteiger partial charge is 0.174 e. The molecule has 0 aliphatic rings. The van der Waals surface area contributed by atoms with E-state index in [1.54, 1.807) is 0 Å². The first-order valence-electron chi connectivity index (χ1n) is 2.57. The molecule has 0 aliphatic heterocycles. The standard InChI is InChI=1S/C6H9F2/c1-2-3-4-5-6(7)8/h5H,1-4H2. The minimum atomic E-state index is -1.58. The molecule has 0 aromatic carbocycles. The molecule has 0 bridgehead atoms. The molecule has 0 saturated carbocycles. The Labute approximate surface area is 48.2 Å². The molecule has 0 unspecified atom stereocenters. The molecule has 0 rings (SSSR count). The zero-order chi connectivity index (χ0) is 6.41. The lowest BCUT2D eigenvalue weighted by Crippen LogP contribution is -1.66. The van der Waals surface area contributed by atoms with Crippen molar-refractivity contribution in [2.75, 3.05) is 0 Å². The van der Waals surface area contributed by atoms with Crippen LogP contribution in [0.4, 0.5) is 8.78 Å². The van der Waals surface area contributed by atoms with Crippen LogP contribution in [0.2, 0.25) is 0 Å². The monoisotopic (exact) mass is 119 g/mol. The van der Waals surface area contributed by atoms with E-state index >= 15 is 0 Å². The topological polar surface area (TPSA) is 0 Å². The van der Waals surface area contributed by atoms with Crippen LogP contribution in [0.15, 0.2) is 12.2 Å². The fourth-order valence-corrected chi connectivity index (χ4v) is 0.356. The van der Waals surface area contributed by atoms with Gasteiger partial charge in [0.2, 0.25) is 0 Å². The lowest BCUT2D eigenvalue weighted by molar-refractivity contribution is 0.417. The molecule has 0 N–H and O–H groups in total. The van der Waals surface area contributed by atoms with Gasteiger partial charge in [0.15, 0.2) is 0 Å². The lowest BCUT2D eigenvalue weighted by atomic mass is 10.2. The van der Waals surface area contributed by atoms with E-state index in [0.717, 1.165) is 18.9 Å². The normalized spacial score (nSPS) is 8.88. The first-order valence-corrected chi connectivity index (χ1v) is 2.57. The highest BCUT2D eigenvalue weighted by atomic mass is 19.3. The zero-order valence-electron chi connectivity index (χ0n) is 4.66. The highest BCUT2D eigenvalue weighted by Gasteiger charge is 1.84. The molecule has 0 spiro atoms. The molecular weight excluding hydrogens is 110 g/mol. The van der Waals surface area contributed by atoms with Gasteiger partial charge in [0, 0.05) is 0 Å². The SMILES string of the molecule is [CH2]CCCC=C(F)F. The summed E-state index contributed by atoms with van der Waals surface area (Å²) in [6, 6.07) is 0. The van der Waals surface area contributed by atoms with E-state index in [1.807, 2.05) is 0 Å². The fourth-order valence-electron chi connectivity index (χ4n) is 0.356. The molecule has 0 nitrogen and oxygen atoms in total. The lowest BCUT2D eigenvalue weighted by Gasteiger charge is -1.84. The van der Waals surface area contributed by atoms with Gasteiger partial charge in [-0.25, -0.2) is 0 Å². The van der Waals surface area contributed by atoms with Crippen molar-refractivity contribution in [3.63, 3.8) is 0 Å². The Morgan fingerprint density at radius 3 is 2.50 bits per heavy atom. The molecule has 0 amide bonds. The summed E-state index contributed by atoms with van der Waals surface area (Å²) in [5.74, 6) is 0. The summed E-state index contributed by atoms with van der Waals surface area (Å²) in [6.07, 6.45) is 1.26. The third-order valence-corrected chi connectivity index (χ3v) is 0.753. The molecule has 0 heterocycles. The quantitative estimate of drug-likeness (QED) is 0.501. The zero-order valence-corrected chi connectivity index (χ0v) is 4.66. The van der Waals surface area contributed by atoms with E-state index in [9.17, 15) is 8.78 Å². The van der Waals surface area contributed by atoms with Gasteiger partial charge in [-0.05, 0) is 18.9 Å². The van der Waals surface area contributed by atoms with E-state index in [4.69, 9.17) is 0 Å². The molecule has 8 heavy (non-hydrogen) atoms. The van der Waals surface area contributed by atoms with E-state index in [-0.39, 0.29) is 0 Å². The molecule has 0 aromatic heterocycles. The third kappa shape index (κ3) is 5.60. The predicted molar refractivity (Wildman–Crippen MR) is 29.5 cm³/mol. The van der Waals surface area contributed by atoms with Crippen molar-refractivity contribution in [2.24, 2.45) is 0 Å². The Kier molecular flexibility index (Phi) is 4.51. The number of rotatable bonds is 3. The van der Waals surface area contributed by atoms with E-state index in [1.165, 1.54) is 0 Å². The summed E-state index contributed by atoms with van der Waals surface area (Å²) in [6.45, 7) is 3.51. The average molecular weight is 119 g/mol. The van der Waals surface area contributed by atoms with E-state index < -0.39 is 6.08 Å². The molecule has 47 valence electrons. The Balaban J connectivity index is 3.03. The molecule has 0 aromatic rings. The van der Waals surface area contributed by atoms with Crippen LogP contribution in [-0.2, 0) is 0 Å². The van der Waals surface area contributed by atoms with Crippen LogP contribution < -0.4 is 0 Å². The maximum absolute atomic E-state index is 11.2.